The normalized spacial score (nSPS) is 12.0. The van der Waals surface area contributed by atoms with Crippen LogP contribution in [0.3, 0.4) is 0 Å². The van der Waals surface area contributed by atoms with Gasteiger partial charge in [-0.1, -0.05) is 6.92 Å². The Bertz CT molecular complexity index is 588. The topological polar surface area (TPSA) is 88.4 Å². The van der Waals surface area contributed by atoms with Gasteiger partial charge in [0.1, 0.15) is 5.75 Å². The Kier molecular flexibility index (Phi) is 6.58. The van der Waals surface area contributed by atoms with Gasteiger partial charge in [0.25, 0.3) is 5.91 Å². The third kappa shape index (κ3) is 6.39. The summed E-state index contributed by atoms with van der Waals surface area (Å²) < 4.78 is 10.4. The van der Waals surface area contributed by atoms with E-state index in [1.165, 1.54) is 6.92 Å². The molecule has 1 amide bonds. The van der Waals surface area contributed by atoms with Crippen molar-refractivity contribution in [1.29, 1.82) is 5.26 Å². The number of rotatable bonds is 7. The van der Waals surface area contributed by atoms with Gasteiger partial charge in [-0.3, -0.25) is 4.79 Å². The Balaban J connectivity index is 2.44. The van der Waals surface area contributed by atoms with Crippen LogP contribution in [-0.2, 0) is 14.3 Å². The molecule has 0 heterocycles. The second-order valence-electron chi connectivity index (χ2n) is 5.79. The van der Waals surface area contributed by atoms with Gasteiger partial charge in [-0.2, -0.15) is 5.26 Å². The molecule has 124 valence electrons. The molecule has 1 rings (SSSR count). The number of hydrogen-bond acceptors (Lipinski definition) is 5. The minimum Gasteiger partial charge on any atom is -0.479 e. The first-order valence-corrected chi connectivity index (χ1v) is 7.42. The van der Waals surface area contributed by atoms with Gasteiger partial charge >= 0.3 is 5.97 Å². The first-order chi connectivity index (χ1) is 10.8. The van der Waals surface area contributed by atoms with E-state index in [1.54, 1.807) is 24.3 Å². The zero-order valence-electron chi connectivity index (χ0n) is 13.9. The Hall–Kier alpha value is -2.55. The summed E-state index contributed by atoms with van der Waals surface area (Å²) in [6, 6.07) is 8.37. The lowest BCUT2D eigenvalue weighted by Gasteiger charge is -2.24. The van der Waals surface area contributed by atoms with Crippen LogP contribution in [0.1, 0.15) is 39.7 Å². The molecule has 0 unspecified atom stereocenters. The van der Waals surface area contributed by atoms with Crippen molar-refractivity contribution < 1.29 is 19.1 Å². The maximum Gasteiger partial charge on any atom is 0.347 e. The standard InChI is InChI=1S/C17H22N2O4/c1-5-17(3,4)19-15(20)11-22-16(21)12(2)23-14-8-6-13(10-18)7-9-14/h6-9,12H,5,11H2,1-4H3,(H,19,20)/t12-/m1/s1. The van der Waals surface area contributed by atoms with Crippen molar-refractivity contribution in [1.82, 2.24) is 5.32 Å². The summed E-state index contributed by atoms with van der Waals surface area (Å²) in [5.41, 5.74) is 0.163. The predicted molar refractivity (Wildman–Crippen MR) is 84.7 cm³/mol. The molecule has 0 aliphatic rings. The zero-order valence-corrected chi connectivity index (χ0v) is 13.9. The molecule has 6 heteroatoms. The smallest absolute Gasteiger partial charge is 0.347 e. The number of nitrogens with zero attached hydrogens (tertiary/aromatic N) is 1. The van der Waals surface area contributed by atoms with E-state index in [0.29, 0.717) is 11.3 Å². The molecule has 0 fully saturated rings. The van der Waals surface area contributed by atoms with Crippen molar-refractivity contribution in [2.45, 2.75) is 45.8 Å². The van der Waals surface area contributed by atoms with Crippen LogP contribution in [-0.4, -0.2) is 30.1 Å². The van der Waals surface area contributed by atoms with E-state index >= 15 is 0 Å². The fourth-order valence-electron chi connectivity index (χ4n) is 1.62. The van der Waals surface area contributed by atoms with Crippen molar-refractivity contribution in [2.24, 2.45) is 0 Å². The van der Waals surface area contributed by atoms with Crippen molar-refractivity contribution in [3.05, 3.63) is 29.8 Å². The van der Waals surface area contributed by atoms with Crippen molar-refractivity contribution in [3.8, 4) is 11.8 Å². The van der Waals surface area contributed by atoms with Gasteiger partial charge in [0, 0.05) is 5.54 Å². The molecule has 0 spiro atoms. The predicted octanol–water partition coefficient (Wildman–Crippen LogP) is 2.17. The summed E-state index contributed by atoms with van der Waals surface area (Å²) in [4.78, 5) is 23.5. The van der Waals surface area contributed by atoms with Gasteiger partial charge in [-0.15, -0.1) is 0 Å². The third-order valence-corrected chi connectivity index (χ3v) is 3.34. The molecule has 0 aliphatic carbocycles. The van der Waals surface area contributed by atoms with Crippen LogP contribution < -0.4 is 10.1 Å². The average Bonchev–Trinajstić information content (AvgIpc) is 2.52. The van der Waals surface area contributed by atoms with Gasteiger partial charge in [-0.25, -0.2) is 4.79 Å². The number of hydrogen-bond donors (Lipinski definition) is 1. The molecule has 1 N–H and O–H groups in total. The quantitative estimate of drug-likeness (QED) is 0.778. The molecule has 0 aromatic heterocycles. The second-order valence-corrected chi connectivity index (χ2v) is 5.79. The van der Waals surface area contributed by atoms with E-state index in [9.17, 15) is 9.59 Å². The Morgan fingerprint density at radius 2 is 1.91 bits per heavy atom. The summed E-state index contributed by atoms with van der Waals surface area (Å²) in [6.07, 6.45) is -0.0832. The number of benzene rings is 1. The second kappa shape index (κ2) is 8.18. The highest BCUT2D eigenvalue weighted by atomic mass is 16.6. The molecule has 0 radical (unpaired) electrons. The molecule has 0 saturated carbocycles. The highest BCUT2D eigenvalue weighted by Gasteiger charge is 2.21. The molecular weight excluding hydrogens is 296 g/mol. The first-order valence-electron chi connectivity index (χ1n) is 7.42. The lowest BCUT2D eigenvalue weighted by atomic mass is 10.0. The van der Waals surface area contributed by atoms with Crippen molar-refractivity contribution in [3.63, 3.8) is 0 Å². The maximum absolute atomic E-state index is 11.8. The van der Waals surface area contributed by atoms with Gasteiger partial charge < -0.3 is 14.8 Å². The van der Waals surface area contributed by atoms with E-state index in [4.69, 9.17) is 14.7 Å². The molecule has 1 aromatic rings. The Morgan fingerprint density at radius 3 is 2.43 bits per heavy atom. The van der Waals surface area contributed by atoms with E-state index in [1.807, 2.05) is 26.8 Å². The van der Waals surface area contributed by atoms with Crippen molar-refractivity contribution in [2.75, 3.05) is 6.61 Å². The van der Waals surface area contributed by atoms with Gasteiger partial charge in [0.15, 0.2) is 12.7 Å². The van der Waals surface area contributed by atoms with Crippen LogP contribution in [0, 0.1) is 11.3 Å². The maximum atomic E-state index is 11.8. The lowest BCUT2D eigenvalue weighted by molar-refractivity contribution is -0.155. The number of ether oxygens (including phenoxy) is 2. The number of carbonyl (C=O) groups excluding carboxylic acids is 2. The minimum atomic E-state index is -0.852. The van der Waals surface area contributed by atoms with E-state index in [2.05, 4.69) is 5.32 Å². The van der Waals surface area contributed by atoms with Crippen LogP contribution in [0.15, 0.2) is 24.3 Å². The van der Waals surface area contributed by atoms with Gasteiger partial charge in [0.05, 0.1) is 11.6 Å². The van der Waals surface area contributed by atoms with Crippen LogP contribution in [0.4, 0.5) is 0 Å². The number of carbonyl (C=O) groups is 2. The number of nitrogens with one attached hydrogen (secondary N) is 1. The molecule has 0 saturated heterocycles. The molecule has 1 aromatic carbocycles. The van der Waals surface area contributed by atoms with Crippen LogP contribution in [0.2, 0.25) is 0 Å². The number of amides is 1. The van der Waals surface area contributed by atoms with E-state index in [0.717, 1.165) is 6.42 Å². The third-order valence-electron chi connectivity index (χ3n) is 3.34. The molecule has 1 atom stereocenters. The first kappa shape index (κ1) is 18.5. The average molecular weight is 318 g/mol. The largest absolute Gasteiger partial charge is 0.479 e. The molecule has 0 bridgehead atoms. The van der Waals surface area contributed by atoms with E-state index < -0.39 is 12.1 Å². The molecule has 6 nitrogen and oxygen atoms in total. The van der Waals surface area contributed by atoms with E-state index in [-0.39, 0.29) is 18.1 Å². The fraction of sp³-hybridized carbons (Fsp3) is 0.471. The summed E-state index contributed by atoms with van der Waals surface area (Å²) in [7, 11) is 0. The van der Waals surface area contributed by atoms with Crippen LogP contribution in [0.5, 0.6) is 5.75 Å². The Labute approximate surface area is 136 Å². The molecule has 23 heavy (non-hydrogen) atoms. The Morgan fingerprint density at radius 1 is 1.30 bits per heavy atom. The summed E-state index contributed by atoms with van der Waals surface area (Å²) in [5, 5.41) is 11.5. The number of esters is 1. The van der Waals surface area contributed by atoms with Gasteiger partial charge in [-0.05, 0) is 51.5 Å². The molecule has 0 aliphatic heterocycles. The van der Waals surface area contributed by atoms with Crippen LogP contribution >= 0.6 is 0 Å². The van der Waals surface area contributed by atoms with Crippen molar-refractivity contribution >= 4 is 11.9 Å². The SMILES string of the molecule is CCC(C)(C)NC(=O)COC(=O)[C@@H](C)Oc1ccc(C#N)cc1. The number of nitriles is 1. The minimum absolute atomic E-state index is 0.339. The monoisotopic (exact) mass is 318 g/mol. The van der Waals surface area contributed by atoms with Crippen LogP contribution in [0.25, 0.3) is 0 Å². The molecular formula is C17H22N2O4. The summed E-state index contributed by atoms with van der Waals surface area (Å²) in [6.45, 7) is 6.93. The zero-order chi connectivity index (χ0) is 17.5. The van der Waals surface area contributed by atoms with Gasteiger partial charge in [0.2, 0.25) is 0 Å². The summed E-state index contributed by atoms with van der Waals surface area (Å²) >= 11 is 0. The fourth-order valence-corrected chi connectivity index (χ4v) is 1.62. The highest BCUT2D eigenvalue weighted by molar-refractivity contribution is 5.82. The highest BCUT2D eigenvalue weighted by Crippen LogP contribution is 2.14. The summed E-state index contributed by atoms with van der Waals surface area (Å²) in [5.74, 6) is -0.528. The lowest BCUT2D eigenvalue weighted by Crippen LogP contribution is -2.45.